The number of aliphatic hydroxyl groups excluding tert-OH is 1. The average molecular weight is 255 g/mol. The van der Waals surface area contributed by atoms with E-state index in [1.807, 2.05) is 27.7 Å². The van der Waals surface area contributed by atoms with E-state index in [9.17, 15) is 5.11 Å². The van der Waals surface area contributed by atoms with Crippen molar-refractivity contribution in [1.29, 1.82) is 0 Å². The molecule has 0 aromatic rings. The SMILES string of the molecule is C#CC(C)(C)OC[C@H](O)CN1C[C@@H](C)O[C@@H](C)C1. The van der Waals surface area contributed by atoms with Crippen LogP contribution in [0.2, 0.25) is 0 Å². The second-order valence-corrected chi connectivity index (χ2v) is 5.60. The number of rotatable bonds is 5. The zero-order valence-electron chi connectivity index (χ0n) is 11.8. The molecule has 0 saturated carbocycles. The monoisotopic (exact) mass is 255 g/mol. The summed E-state index contributed by atoms with van der Waals surface area (Å²) >= 11 is 0. The van der Waals surface area contributed by atoms with Crippen LogP contribution >= 0.6 is 0 Å². The summed E-state index contributed by atoms with van der Waals surface area (Å²) in [6.07, 6.45) is 5.24. The van der Waals surface area contributed by atoms with Gasteiger partial charge in [0, 0.05) is 19.6 Å². The van der Waals surface area contributed by atoms with Crippen molar-refractivity contribution in [3.8, 4) is 12.3 Å². The molecule has 0 aliphatic carbocycles. The van der Waals surface area contributed by atoms with Gasteiger partial charge in [0.1, 0.15) is 5.60 Å². The molecule has 1 aliphatic rings. The van der Waals surface area contributed by atoms with Gasteiger partial charge in [0.2, 0.25) is 0 Å². The van der Waals surface area contributed by atoms with Gasteiger partial charge in [0.05, 0.1) is 24.9 Å². The van der Waals surface area contributed by atoms with Crippen LogP contribution < -0.4 is 0 Å². The lowest BCUT2D eigenvalue weighted by Gasteiger charge is -2.36. The minimum absolute atomic E-state index is 0.212. The molecule has 0 radical (unpaired) electrons. The Morgan fingerprint density at radius 3 is 2.50 bits per heavy atom. The van der Waals surface area contributed by atoms with E-state index in [-0.39, 0.29) is 18.8 Å². The van der Waals surface area contributed by atoms with Crippen LogP contribution in [0.25, 0.3) is 0 Å². The number of nitrogens with zero attached hydrogens (tertiary/aromatic N) is 1. The van der Waals surface area contributed by atoms with Crippen LogP contribution in [0.15, 0.2) is 0 Å². The van der Waals surface area contributed by atoms with Crippen molar-refractivity contribution in [1.82, 2.24) is 4.90 Å². The Kier molecular flexibility index (Phi) is 5.61. The first kappa shape index (κ1) is 15.5. The predicted molar refractivity (Wildman–Crippen MR) is 71.3 cm³/mol. The van der Waals surface area contributed by atoms with E-state index in [0.717, 1.165) is 13.1 Å². The zero-order chi connectivity index (χ0) is 13.8. The summed E-state index contributed by atoms with van der Waals surface area (Å²) in [7, 11) is 0. The number of hydrogen-bond donors (Lipinski definition) is 1. The van der Waals surface area contributed by atoms with E-state index < -0.39 is 11.7 Å². The molecule has 1 fully saturated rings. The second-order valence-electron chi connectivity index (χ2n) is 5.60. The molecular formula is C14H25NO3. The first-order chi connectivity index (χ1) is 8.32. The Morgan fingerprint density at radius 1 is 1.44 bits per heavy atom. The lowest BCUT2D eigenvalue weighted by Crippen LogP contribution is -2.48. The minimum Gasteiger partial charge on any atom is -0.389 e. The molecule has 3 atom stereocenters. The van der Waals surface area contributed by atoms with Crippen molar-refractivity contribution in [2.24, 2.45) is 0 Å². The van der Waals surface area contributed by atoms with E-state index in [1.165, 1.54) is 0 Å². The Labute approximate surface area is 110 Å². The molecule has 0 bridgehead atoms. The summed E-state index contributed by atoms with van der Waals surface area (Å²) in [5.74, 6) is 2.55. The minimum atomic E-state index is -0.618. The van der Waals surface area contributed by atoms with Crippen molar-refractivity contribution in [2.75, 3.05) is 26.2 Å². The van der Waals surface area contributed by atoms with Gasteiger partial charge in [0.15, 0.2) is 0 Å². The predicted octanol–water partition coefficient (Wildman–Crippen LogP) is 0.885. The van der Waals surface area contributed by atoms with E-state index in [4.69, 9.17) is 15.9 Å². The fraction of sp³-hybridized carbons (Fsp3) is 0.857. The van der Waals surface area contributed by atoms with Crippen LogP contribution in [0.5, 0.6) is 0 Å². The maximum atomic E-state index is 9.96. The van der Waals surface area contributed by atoms with Crippen molar-refractivity contribution in [3.63, 3.8) is 0 Å². The topological polar surface area (TPSA) is 41.9 Å². The van der Waals surface area contributed by atoms with Crippen molar-refractivity contribution in [2.45, 2.75) is 51.6 Å². The van der Waals surface area contributed by atoms with E-state index in [0.29, 0.717) is 6.54 Å². The Morgan fingerprint density at radius 2 is 2.00 bits per heavy atom. The molecule has 18 heavy (non-hydrogen) atoms. The third-order valence-corrected chi connectivity index (χ3v) is 2.95. The fourth-order valence-electron chi connectivity index (χ4n) is 2.13. The molecule has 104 valence electrons. The lowest BCUT2D eigenvalue weighted by molar-refractivity contribution is -0.0885. The molecule has 1 heterocycles. The summed E-state index contributed by atoms with van der Waals surface area (Å²) < 4.78 is 11.1. The number of morpholine rings is 1. The number of terminal acetylenes is 1. The molecule has 4 nitrogen and oxygen atoms in total. The Balaban J connectivity index is 2.32. The van der Waals surface area contributed by atoms with Gasteiger partial charge in [0.25, 0.3) is 0 Å². The van der Waals surface area contributed by atoms with Crippen LogP contribution in [0.3, 0.4) is 0 Å². The lowest BCUT2D eigenvalue weighted by atomic mass is 10.1. The molecule has 0 amide bonds. The molecule has 0 aromatic heterocycles. The highest BCUT2D eigenvalue weighted by Gasteiger charge is 2.24. The Bertz CT molecular complexity index is 288. The molecular weight excluding hydrogens is 230 g/mol. The standard InChI is InChI=1S/C14H25NO3/c1-6-14(4,5)17-10-13(16)9-15-7-11(2)18-12(3)8-15/h1,11-13,16H,7-10H2,2-5H3/t11-,12+,13-/m1/s1. The molecule has 1 saturated heterocycles. The van der Waals surface area contributed by atoms with Gasteiger partial charge in [-0.05, 0) is 27.7 Å². The van der Waals surface area contributed by atoms with E-state index in [2.05, 4.69) is 10.8 Å². The second kappa shape index (κ2) is 6.53. The molecule has 4 heteroatoms. The molecule has 1 N–H and O–H groups in total. The first-order valence-electron chi connectivity index (χ1n) is 6.50. The van der Waals surface area contributed by atoms with Gasteiger partial charge >= 0.3 is 0 Å². The molecule has 0 spiro atoms. The maximum absolute atomic E-state index is 9.96. The average Bonchev–Trinajstić information content (AvgIpc) is 2.25. The highest BCUT2D eigenvalue weighted by molar-refractivity contribution is 5.02. The van der Waals surface area contributed by atoms with Crippen molar-refractivity contribution in [3.05, 3.63) is 0 Å². The van der Waals surface area contributed by atoms with Gasteiger partial charge in [-0.2, -0.15) is 0 Å². The summed E-state index contributed by atoms with van der Waals surface area (Å²) in [6.45, 7) is 10.3. The maximum Gasteiger partial charge on any atom is 0.122 e. The Hall–Kier alpha value is -0.600. The number of β-amino-alcohol motifs (C(OH)–C–C–N with tert-alkyl or cyclic N) is 1. The summed E-state index contributed by atoms with van der Waals surface area (Å²) in [5.41, 5.74) is -0.618. The number of ether oxygens (including phenoxy) is 2. The highest BCUT2D eigenvalue weighted by Crippen LogP contribution is 2.12. The van der Waals surface area contributed by atoms with Gasteiger partial charge < -0.3 is 14.6 Å². The normalized spacial score (nSPS) is 27.8. The quantitative estimate of drug-likeness (QED) is 0.741. The number of hydrogen-bond acceptors (Lipinski definition) is 4. The van der Waals surface area contributed by atoms with E-state index >= 15 is 0 Å². The molecule has 0 unspecified atom stereocenters. The van der Waals surface area contributed by atoms with Crippen LogP contribution in [-0.4, -0.2) is 60.2 Å². The van der Waals surface area contributed by atoms with Crippen LogP contribution in [0.1, 0.15) is 27.7 Å². The van der Waals surface area contributed by atoms with Crippen molar-refractivity contribution < 1.29 is 14.6 Å². The van der Waals surface area contributed by atoms with Gasteiger partial charge in [-0.1, -0.05) is 5.92 Å². The highest BCUT2D eigenvalue weighted by atomic mass is 16.5. The smallest absolute Gasteiger partial charge is 0.122 e. The van der Waals surface area contributed by atoms with Crippen LogP contribution in [0, 0.1) is 12.3 Å². The third kappa shape index (κ3) is 5.36. The van der Waals surface area contributed by atoms with Gasteiger partial charge in [-0.15, -0.1) is 6.42 Å². The molecule has 1 aliphatic heterocycles. The summed E-state index contributed by atoms with van der Waals surface area (Å²) in [5, 5.41) is 9.96. The van der Waals surface area contributed by atoms with Crippen LogP contribution in [0.4, 0.5) is 0 Å². The molecule has 0 aromatic carbocycles. The third-order valence-electron chi connectivity index (χ3n) is 2.95. The van der Waals surface area contributed by atoms with Crippen LogP contribution in [-0.2, 0) is 9.47 Å². The fourth-order valence-corrected chi connectivity index (χ4v) is 2.13. The first-order valence-corrected chi connectivity index (χ1v) is 6.50. The summed E-state index contributed by atoms with van der Waals surface area (Å²) in [6, 6.07) is 0. The largest absolute Gasteiger partial charge is 0.389 e. The van der Waals surface area contributed by atoms with Crippen molar-refractivity contribution >= 4 is 0 Å². The van der Waals surface area contributed by atoms with Gasteiger partial charge in [-0.25, -0.2) is 0 Å². The zero-order valence-corrected chi connectivity index (χ0v) is 11.8. The van der Waals surface area contributed by atoms with Gasteiger partial charge in [-0.3, -0.25) is 4.90 Å². The number of aliphatic hydroxyl groups is 1. The summed E-state index contributed by atoms with van der Waals surface area (Å²) in [4.78, 5) is 2.20. The molecule has 1 rings (SSSR count). The van der Waals surface area contributed by atoms with E-state index in [1.54, 1.807) is 0 Å².